The minimum absolute atomic E-state index is 0.00971. The number of carbonyl (C=O) groups is 2. The number of esters is 1. The number of nitrogens with zero attached hydrogens (tertiary/aromatic N) is 2. The average molecular weight is 519 g/mol. The number of carbonyl (C=O) groups excluding carboxylic acids is 2. The van der Waals surface area contributed by atoms with Crippen molar-refractivity contribution in [2.45, 2.75) is 36.6 Å². The first-order valence-corrected chi connectivity index (χ1v) is 13.9. The Labute approximate surface area is 210 Å². The lowest BCUT2D eigenvalue weighted by Crippen LogP contribution is -2.40. The smallest absolute Gasteiger partial charge is 0.346 e. The number of amides is 2. The average Bonchev–Trinajstić information content (AvgIpc) is 3.23. The predicted octanol–water partition coefficient (Wildman–Crippen LogP) is 3.22. The summed E-state index contributed by atoms with van der Waals surface area (Å²) < 4.78 is 32.7. The van der Waals surface area contributed by atoms with E-state index in [1.165, 1.54) is 24.9 Å². The van der Waals surface area contributed by atoms with Crippen LogP contribution in [0.25, 0.3) is 11.1 Å². The molecule has 0 bridgehead atoms. The van der Waals surface area contributed by atoms with Crippen LogP contribution in [0.1, 0.15) is 25.8 Å². The second-order valence-electron chi connectivity index (χ2n) is 7.82. The topological polar surface area (TPSA) is 117 Å². The summed E-state index contributed by atoms with van der Waals surface area (Å²) in [6, 6.07) is 13.2. The van der Waals surface area contributed by atoms with Crippen LogP contribution in [-0.2, 0) is 26.1 Å². The van der Waals surface area contributed by atoms with Crippen molar-refractivity contribution in [3.8, 4) is 11.1 Å². The van der Waals surface area contributed by atoms with Crippen LogP contribution >= 0.6 is 11.8 Å². The molecule has 188 valence electrons. The van der Waals surface area contributed by atoms with E-state index in [2.05, 4.69) is 10.2 Å². The fourth-order valence-corrected chi connectivity index (χ4v) is 5.74. The van der Waals surface area contributed by atoms with Gasteiger partial charge >= 0.3 is 12.0 Å². The normalized spacial score (nSPS) is 17.6. The molecule has 2 amide bonds. The molecule has 9 nitrogen and oxygen atoms in total. The zero-order chi connectivity index (χ0) is 25.6. The summed E-state index contributed by atoms with van der Waals surface area (Å²) in [5.41, 5.74) is 2.16. The van der Waals surface area contributed by atoms with Gasteiger partial charge in [-0.05, 0) is 30.4 Å². The highest BCUT2D eigenvalue weighted by Crippen LogP contribution is 2.35. The molecule has 0 aliphatic carbocycles. The number of nitrogens with one attached hydrogen (secondary N) is 2. The Bertz CT molecular complexity index is 1210. The maximum Gasteiger partial charge on any atom is 0.346 e. The first-order valence-electron chi connectivity index (χ1n) is 11.2. The van der Waals surface area contributed by atoms with Crippen LogP contribution in [0.15, 0.2) is 58.4 Å². The molecule has 3 rings (SSSR count). The number of aliphatic imine (C=N–C) groups is 1. The molecular formula is C24H30N4O5S2. The van der Waals surface area contributed by atoms with Gasteiger partial charge < -0.3 is 15.0 Å². The monoisotopic (exact) mass is 518 g/mol. The highest BCUT2D eigenvalue weighted by molar-refractivity contribution is 8.00. The summed E-state index contributed by atoms with van der Waals surface area (Å²) in [5, 5.41) is 2.25. The van der Waals surface area contributed by atoms with Gasteiger partial charge in [-0.25, -0.2) is 27.7 Å². The molecule has 2 aromatic rings. The first kappa shape index (κ1) is 26.6. The third-order valence-electron chi connectivity index (χ3n) is 5.60. The lowest BCUT2D eigenvalue weighted by atomic mass is 10.0. The molecule has 1 unspecified atom stereocenters. The van der Waals surface area contributed by atoms with Gasteiger partial charge in [-0.1, -0.05) is 49.4 Å². The van der Waals surface area contributed by atoms with Crippen LogP contribution in [0.5, 0.6) is 0 Å². The van der Waals surface area contributed by atoms with Gasteiger partial charge in [0.05, 0.1) is 18.0 Å². The van der Waals surface area contributed by atoms with Crippen LogP contribution in [0.4, 0.5) is 4.79 Å². The molecule has 0 spiro atoms. The fourth-order valence-electron chi connectivity index (χ4n) is 3.84. The Morgan fingerprint density at radius 2 is 1.83 bits per heavy atom. The lowest BCUT2D eigenvalue weighted by Gasteiger charge is -2.25. The Hall–Kier alpha value is -3.05. The molecule has 1 aliphatic heterocycles. The van der Waals surface area contributed by atoms with E-state index in [1.54, 1.807) is 25.1 Å². The number of urea groups is 1. The maximum atomic E-state index is 12.7. The zero-order valence-corrected chi connectivity index (χ0v) is 21.8. The minimum Gasteiger partial charge on any atom is -0.463 e. The molecule has 2 N–H and O–H groups in total. The first-order chi connectivity index (χ1) is 16.7. The van der Waals surface area contributed by atoms with Gasteiger partial charge in [0.2, 0.25) is 4.87 Å². The quantitative estimate of drug-likeness (QED) is 0.490. The van der Waals surface area contributed by atoms with Crippen LogP contribution in [0, 0.1) is 0 Å². The number of hydrogen-bond acceptors (Lipinski definition) is 8. The molecule has 11 heteroatoms. The van der Waals surface area contributed by atoms with E-state index in [9.17, 15) is 18.0 Å². The second-order valence-corrected chi connectivity index (χ2v) is 10.6. The van der Waals surface area contributed by atoms with Crippen molar-refractivity contribution in [1.82, 2.24) is 14.9 Å². The molecule has 35 heavy (non-hydrogen) atoms. The maximum absolute atomic E-state index is 12.7. The Morgan fingerprint density at radius 3 is 2.43 bits per heavy atom. The molecule has 1 heterocycles. The van der Waals surface area contributed by atoms with E-state index in [4.69, 9.17) is 9.73 Å². The van der Waals surface area contributed by atoms with E-state index >= 15 is 0 Å². The van der Waals surface area contributed by atoms with Gasteiger partial charge in [-0.2, -0.15) is 0 Å². The highest BCUT2D eigenvalue weighted by atomic mass is 32.2. The van der Waals surface area contributed by atoms with Crippen LogP contribution < -0.4 is 10.0 Å². The standard InChI is InChI=1S/C24H30N4O5S2/c1-5-21-26-24(34-4,22(29)33-6-2)16-28(21)15-17-11-13-18(14-12-17)19-9-7-8-10-20(19)35(31,32)27-23(30)25-3/h7-14H,5-6,15-16H2,1-4H3,(H2,25,27,30). The fraction of sp³-hybridized carbons (Fsp3) is 0.375. The molecule has 1 atom stereocenters. The third kappa shape index (κ3) is 5.79. The van der Waals surface area contributed by atoms with Crippen LogP contribution in [0.2, 0.25) is 0 Å². The van der Waals surface area contributed by atoms with Gasteiger partial charge in [-0.3, -0.25) is 0 Å². The number of benzene rings is 2. The van der Waals surface area contributed by atoms with Gasteiger partial charge in [0.25, 0.3) is 10.0 Å². The van der Waals surface area contributed by atoms with Crippen molar-refractivity contribution in [3.05, 3.63) is 54.1 Å². The molecule has 0 radical (unpaired) electrons. The van der Waals surface area contributed by atoms with E-state index in [0.29, 0.717) is 37.2 Å². The number of amidine groups is 1. The molecule has 0 saturated heterocycles. The van der Waals surface area contributed by atoms with Crippen LogP contribution in [-0.4, -0.2) is 62.5 Å². The molecule has 0 saturated carbocycles. The number of rotatable bonds is 9. The molecule has 1 aliphatic rings. The van der Waals surface area contributed by atoms with Gasteiger partial charge in [0.15, 0.2) is 0 Å². The molecule has 2 aromatic carbocycles. The number of ether oxygens (including phenoxy) is 1. The van der Waals surface area contributed by atoms with E-state index in [0.717, 1.165) is 11.4 Å². The Balaban J connectivity index is 1.83. The van der Waals surface area contributed by atoms with Gasteiger partial charge in [-0.15, -0.1) is 11.8 Å². The number of sulfonamides is 1. The summed E-state index contributed by atoms with van der Waals surface area (Å²) in [6.07, 6.45) is 2.54. The number of hydrogen-bond donors (Lipinski definition) is 2. The van der Waals surface area contributed by atoms with Crippen molar-refractivity contribution in [1.29, 1.82) is 0 Å². The van der Waals surface area contributed by atoms with Crippen LogP contribution in [0.3, 0.4) is 0 Å². The van der Waals surface area contributed by atoms with E-state index in [1.807, 2.05) is 42.2 Å². The molecule has 0 fully saturated rings. The minimum atomic E-state index is -4.05. The Kier molecular flexibility index (Phi) is 8.44. The van der Waals surface area contributed by atoms with Gasteiger partial charge in [0, 0.05) is 25.6 Å². The largest absolute Gasteiger partial charge is 0.463 e. The molecule has 0 aromatic heterocycles. The summed E-state index contributed by atoms with van der Waals surface area (Å²) in [6.45, 7) is 5.05. The number of thioether (sulfide) groups is 1. The lowest BCUT2D eigenvalue weighted by molar-refractivity contribution is -0.145. The Morgan fingerprint density at radius 1 is 1.14 bits per heavy atom. The summed E-state index contributed by atoms with van der Waals surface area (Å²) in [7, 11) is -2.70. The van der Waals surface area contributed by atoms with Gasteiger partial charge in [0.1, 0.15) is 5.84 Å². The highest BCUT2D eigenvalue weighted by Gasteiger charge is 2.46. The van der Waals surface area contributed by atoms with E-state index < -0.39 is 20.9 Å². The predicted molar refractivity (Wildman–Crippen MR) is 138 cm³/mol. The SMILES string of the molecule is CCOC(=O)C1(SC)CN(Cc2ccc(-c3ccccc3S(=O)(=O)NC(=O)NC)cc2)C(CC)=N1. The van der Waals surface area contributed by atoms with Crippen molar-refractivity contribution >= 4 is 39.6 Å². The summed E-state index contributed by atoms with van der Waals surface area (Å²) in [4.78, 5) is 30.0. The van der Waals surface area contributed by atoms with Crippen molar-refractivity contribution in [2.24, 2.45) is 4.99 Å². The van der Waals surface area contributed by atoms with Crippen molar-refractivity contribution < 1.29 is 22.7 Å². The summed E-state index contributed by atoms with van der Waals surface area (Å²) >= 11 is 1.38. The zero-order valence-electron chi connectivity index (χ0n) is 20.2. The second kappa shape index (κ2) is 11.1. The van der Waals surface area contributed by atoms with E-state index in [-0.39, 0.29) is 10.9 Å². The molecular weight excluding hydrogens is 488 g/mol. The summed E-state index contributed by atoms with van der Waals surface area (Å²) in [5.74, 6) is 0.507. The van der Waals surface area contributed by atoms with Crippen molar-refractivity contribution in [2.75, 3.05) is 26.5 Å². The third-order valence-corrected chi connectivity index (χ3v) is 8.05. The van der Waals surface area contributed by atoms with Crippen molar-refractivity contribution in [3.63, 3.8) is 0 Å².